The molecule has 1 saturated carbocycles. The summed E-state index contributed by atoms with van der Waals surface area (Å²) >= 11 is 0. The Balaban J connectivity index is 0.000000257. The van der Waals surface area contributed by atoms with E-state index in [1.807, 2.05) is 41.4 Å². The lowest BCUT2D eigenvalue weighted by atomic mass is 9.81. The molecule has 0 spiro atoms. The topological polar surface area (TPSA) is 82.9 Å². The summed E-state index contributed by atoms with van der Waals surface area (Å²) in [5.41, 5.74) is 5.03. The van der Waals surface area contributed by atoms with Crippen LogP contribution in [0.25, 0.3) is 33.8 Å². The first-order valence-corrected chi connectivity index (χ1v) is 11.6. The van der Waals surface area contributed by atoms with Gasteiger partial charge < -0.3 is 15.6 Å². The van der Waals surface area contributed by atoms with Gasteiger partial charge in [0.15, 0.2) is 0 Å². The highest BCUT2D eigenvalue weighted by Crippen LogP contribution is 2.41. The van der Waals surface area contributed by atoms with Gasteiger partial charge in [-0.2, -0.15) is 10.1 Å². The molecule has 5 rings (SSSR count). The number of aromatic amines is 1. The molecule has 0 amide bonds. The van der Waals surface area contributed by atoms with E-state index in [4.69, 9.17) is 0 Å². The van der Waals surface area contributed by atoms with E-state index in [-0.39, 0.29) is 18.8 Å². The molecule has 4 aromatic rings. The number of aromatic nitrogens is 5. The van der Waals surface area contributed by atoms with Crippen LogP contribution < -0.4 is 10.6 Å². The maximum Gasteiger partial charge on any atom is 0.248 e. The Kier molecular flexibility index (Phi) is 6.92. The fraction of sp³-hybridized carbons (Fsp3) is 0.400. The first-order chi connectivity index (χ1) is 16.3. The van der Waals surface area contributed by atoms with E-state index in [0.717, 1.165) is 46.2 Å². The van der Waals surface area contributed by atoms with Gasteiger partial charge in [0.05, 0.1) is 11.7 Å². The summed E-state index contributed by atoms with van der Waals surface area (Å²) in [5.74, 6) is -1.48. The van der Waals surface area contributed by atoms with Crippen LogP contribution >= 0.6 is 0 Å². The third-order valence-electron chi connectivity index (χ3n) is 6.17. The number of hydrogen-bond acceptors (Lipinski definition) is 5. The number of fused-ring (bicyclic) bond motifs is 2. The normalized spacial score (nSPS) is 16.0. The predicted octanol–water partition coefficient (Wildman–Crippen LogP) is 5.38. The van der Waals surface area contributed by atoms with Crippen molar-refractivity contribution in [2.24, 2.45) is 5.92 Å². The minimum absolute atomic E-state index is 0.0772. The van der Waals surface area contributed by atoms with E-state index in [0.29, 0.717) is 12.0 Å². The molecule has 1 aliphatic carbocycles. The van der Waals surface area contributed by atoms with Crippen molar-refractivity contribution in [1.82, 2.24) is 29.9 Å². The monoisotopic (exact) mass is 467 g/mol. The molecule has 0 radical (unpaired) electrons. The second kappa shape index (κ2) is 9.89. The zero-order valence-corrected chi connectivity index (χ0v) is 19.8. The lowest BCUT2D eigenvalue weighted by Gasteiger charge is -2.34. The van der Waals surface area contributed by atoms with Crippen molar-refractivity contribution in [2.75, 3.05) is 18.9 Å². The third kappa shape index (κ3) is 5.09. The molecular formula is C25H31F2N7. The molecule has 1 aliphatic rings. The van der Waals surface area contributed by atoms with Gasteiger partial charge in [-0.25, -0.2) is 18.3 Å². The lowest BCUT2D eigenvalue weighted by Crippen LogP contribution is -2.40. The largest absolute Gasteiger partial charge is 0.352 e. The molecule has 7 nitrogen and oxygen atoms in total. The molecule has 1 fully saturated rings. The highest BCUT2D eigenvalue weighted by atomic mass is 19.3. The maximum atomic E-state index is 12.1. The zero-order chi connectivity index (χ0) is 24.3. The fourth-order valence-corrected chi connectivity index (χ4v) is 4.08. The van der Waals surface area contributed by atoms with Crippen molar-refractivity contribution in [1.29, 1.82) is 0 Å². The van der Waals surface area contributed by atoms with Gasteiger partial charge in [0, 0.05) is 54.0 Å². The summed E-state index contributed by atoms with van der Waals surface area (Å²) in [4.78, 5) is 12.3. The number of anilines is 1. The van der Waals surface area contributed by atoms with E-state index in [1.165, 1.54) is 0 Å². The fourth-order valence-electron chi connectivity index (χ4n) is 4.08. The van der Waals surface area contributed by atoms with Crippen LogP contribution in [-0.2, 0) is 0 Å². The number of nitrogens with zero attached hydrogens (tertiary/aromatic N) is 4. The van der Waals surface area contributed by atoms with E-state index in [1.54, 1.807) is 7.05 Å². The summed E-state index contributed by atoms with van der Waals surface area (Å²) in [6, 6.07) is 4.49. The number of nitrogens with one attached hydrogen (secondary N) is 3. The van der Waals surface area contributed by atoms with Gasteiger partial charge in [0.2, 0.25) is 11.9 Å². The average molecular weight is 468 g/mol. The van der Waals surface area contributed by atoms with Gasteiger partial charge in [0.1, 0.15) is 5.65 Å². The second-order valence-electron chi connectivity index (χ2n) is 8.85. The molecule has 0 aliphatic heterocycles. The summed E-state index contributed by atoms with van der Waals surface area (Å²) in [6.07, 6.45) is 10.6. The van der Waals surface area contributed by atoms with E-state index in [2.05, 4.69) is 57.2 Å². The van der Waals surface area contributed by atoms with Gasteiger partial charge in [-0.1, -0.05) is 19.6 Å². The number of halogens is 2. The number of alkyl halides is 2. The van der Waals surface area contributed by atoms with E-state index >= 15 is 0 Å². The van der Waals surface area contributed by atoms with E-state index < -0.39 is 5.92 Å². The molecule has 34 heavy (non-hydrogen) atoms. The predicted molar refractivity (Wildman–Crippen MR) is 133 cm³/mol. The quantitative estimate of drug-likeness (QED) is 0.340. The summed E-state index contributed by atoms with van der Waals surface area (Å²) in [5, 5.41) is 11.5. The first kappa shape index (κ1) is 23.8. The van der Waals surface area contributed by atoms with Crippen LogP contribution in [-0.4, -0.2) is 50.1 Å². The molecule has 1 atom stereocenters. The second-order valence-corrected chi connectivity index (χ2v) is 8.85. The minimum Gasteiger partial charge on any atom is -0.352 e. The highest BCUT2D eigenvalue weighted by molar-refractivity contribution is 5.94. The summed E-state index contributed by atoms with van der Waals surface area (Å²) in [6.45, 7) is 8.83. The Bertz CT molecular complexity index is 1270. The van der Waals surface area contributed by atoms with Crippen LogP contribution in [0.4, 0.5) is 14.7 Å². The van der Waals surface area contributed by atoms with E-state index in [9.17, 15) is 8.78 Å². The Morgan fingerprint density at radius 2 is 2.15 bits per heavy atom. The van der Waals surface area contributed by atoms with Crippen LogP contribution in [0.3, 0.4) is 0 Å². The molecule has 1 unspecified atom stereocenters. The van der Waals surface area contributed by atoms with Crippen LogP contribution in [0.2, 0.25) is 0 Å². The Labute approximate surface area is 197 Å². The molecular weight excluding hydrogens is 436 g/mol. The Morgan fingerprint density at radius 3 is 2.82 bits per heavy atom. The first-order valence-electron chi connectivity index (χ1n) is 11.6. The lowest BCUT2D eigenvalue weighted by molar-refractivity contribution is -0.108. The Morgan fingerprint density at radius 1 is 1.35 bits per heavy atom. The number of rotatable bonds is 7. The van der Waals surface area contributed by atoms with Gasteiger partial charge in [-0.05, 0) is 50.6 Å². The molecule has 4 heterocycles. The van der Waals surface area contributed by atoms with Gasteiger partial charge in [-0.3, -0.25) is 0 Å². The minimum atomic E-state index is -2.35. The van der Waals surface area contributed by atoms with Crippen LogP contribution in [0.15, 0.2) is 43.5 Å². The highest BCUT2D eigenvalue weighted by Gasteiger charge is 2.44. The van der Waals surface area contributed by atoms with Gasteiger partial charge in [-0.15, -0.1) is 0 Å². The SMILES string of the molecule is C=Cc1cnn2ccc(-c3c[nH]c4nc(NC(C)CC)ncc34)cc12.CNCC1CC(F)(F)C1. The van der Waals surface area contributed by atoms with Crippen molar-refractivity contribution in [3.8, 4) is 11.1 Å². The number of pyridine rings is 1. The number of H-pyrrole nitrogens is 1. The van der Waals surface area contributed by atoms with Crippen molar-refractivity contribution < 1.29 is 8.78 Å². The molecule has 0 aromatic carbocycles. The summed E-state index contributed by atoms with van der Waals surface area (Å²) in [7, 11) is 1.79. The summed E-state index contributed by atoms with van der Waals surface area (Å²) < 4.78 is 26.0. The molecule has 4 aromatic heterocycles. The van der Waals surface area contributed by atoms with Crippen molar-refractivity contribution >= 4 is 28.6 Å². The van der Waals surface area contributed by atoms with Crippen molar-refractivity contribution in [3.63, 3.8) is 0 Å². The van der Waals surface area contributed by atoms with Crippen LogP contribution in [0.1, 0.15) is 38.7 Å². The van der Waals surface area contributed by atoms with Crippen LogP contribution in [0, 0.1) is 5.92 Å². The molecule has 3 N–H and O–H groups in total. The molecule has 9 heteroatoms. The van der Waals surface area contributed by atoms with Crippen molar-refractivity contribution in [2.45, 2.75) is 45.1 Å². The van der Waals surface area contributed by atoms with Crippen LogP contribution in [0.5, 0.6) is 0 Å². The smallest absolute Gasteiger partial charge is 0.248 e. The zero-order valence-electron chi connectivity index (χ0n) is 19.8. The van der Waals surface area contributed by atoms with Gasteiger partial charge in [0.25, 0.3) is 0 Å². The molecule has 0 bridgehead atoms. The maximum absolute atomic E-state index is 12.1. The molecule has 180 valence electrons. The third-order valence-corrected chi connectivity index (χ3v) is 6.17. The molecule has 0 saturated heterocycles. The standard InChI is InChI=1S/C19H20N6.C6H11F2N/c1-4-12(3)23-19-21-11-16-15(10-20-18(16)24-19)14-6-7-25-17(8-14)13(5-2)9-22-25;1-9-4-5-2-6(7,8)3-5/h5-12H,2,4H2,1,3H3,(H2,20,21,23,24);5,9H,2-4H2,1H3. The van der Waals surface area contributed by atoms with Crippen molar-refractivity contribution in [3.05, 3.63) is 49.1 Å². The average Bonchev–Trinajstić information content (AvgIpc) is 3.41. The Hall–Kier alpha value is -3.33. The van der Waals surface area contributed by atoms with Gasteiger partial charge >= 0.3 is 0 Å². The number of hydrogen-bond donors (Lipinski definition) is 3.